The standard InChI is InChI=1S/C25H21F3N4O5S/c26-25(27,28)15-7-8-17(30-12-15)16-11-19(31-13-20(16)33)24(32-23(34)18-5-3-9-29-18)38(35,36)22-10-14-4-1-2-6-21(14)37-22/h1-2,4,6-8,10-13,18,24,29,33H,3,5,9H2,(H,32,34)/t18?,24-/m0/s1. The average molecular weight is 547 g/mol. The van der Waals surface area contributed by atoms with E-state index in [4.69, 9.17) is 4.42 Å². The summed E-state index contributed by atoms with van der Waals surface area (Å²) in [7, 11) is -4.42. The molecule has 0 spiro atoms. The third kappa shape index (κ3) is 4.94. The fourth-order valence-electron chi connectivity index (χ4n) is 4.20. The third-order valence-corrected chi connectivity index (χ3v) is 7.93. The lowest BCUT2D eigenvalue weighted by Crippen LogP contribution is -2.44. The second kappa shape index (κ2) is 9.72. The first kappa shape index (κ1) is 25.7. The van der Waals surface area contributed by atoms with Gasteiger partial charge in [-0.1, -0.05) is 18.2 Å². The van der Waals surface area contributed by atoms with Crippen LogP contribution in [0.15, 0.2) is 70.4 Å². The Morgan fingerprint density at radius 1 is 1.13 bits per heavy atom. The molecule has 13 heteroatoms. The van der Waals surface area contributed by atoms with E-state index in [-0.39, 0.29) is 17.0 Å². The predicted molar refractivity (Wildman–Crippen MR) is 129 cm³/mol. The Morgan fingerprint density at radius 3 is 2.58 bits per heavy atom. The summed E-state index contributed by atoms with van der Waals surface area (Å²) in [5.74, 6) is -1.01. The molecule has 2 atom stereocenters. The minimum atomic E-state index is -4.61. The Balaban J connectivity index is 1.58. The number of pyridine rings is 2. The molecule has 0 aliphatic carbocycles. The molecule has 0 saturated carbocycles. The van der Waals surface area contributed by atoms with E-state index in [0.717, 1.165) is 30.8 Å². The largest absolute Gasteiger partial charge is 0.506 e. The number of amides is 1. The quantitative estimate of drug-likeness (QED) is 0.331. The molecule has 198 valence electrons. The number of nitrogens with one attached hydrogen (secondary N) is 2. The normalized spacial score (nSPS) is 17.0. The number of carbonyl (C=O) groups is 1. The van der Waals surface area contributed by atoms with Crippen LogP contribution < -0.4 is 10.6 Å². The van der Waals surface area contributed by atoms with Gasteiger partial charge in [-0.05, 0) is 43.7 Å². The number of aromatic nitrogens is 2. The maximum atomic E-state index is 13.8. The molecule has 4 aromatic rings. The van der Waals surface area contributed by atoms with Crippen molar-refractivity contribution in [1.29, 1.82) is 0 Å². The Morgan fingerprint density at radius 2 is 1.92 bits per heavy atom. The van der Waals surface area contributed by atoms with Crippen LogP contribution in [0.25, 0.3) is 22.2 Å². The average Bonchev–Trinajstić information content (AvgIpc) is 3.58. The van der Waals surface area contributed by atoms with Gasteiger partial charge in [0.2, 0.25) is 20.8 Å². The van der Waals surface area contributed by atoms with Gasteiger partial charge in [-0.3, -0.25) is 14.8 Å². The molecule has 3 N–H and O–H groups in total. The SMILES string of the molecule is O=C(N[C@H](c1cc(-c2ccc(C(F)(F)F)cn2)c(O)cn1)S(=O)(=O)c1cc2ccccc2o1)C1CCCN1. The molecule has 0 bridgehead atoms. The van der Waals surface area contributed by atoms with Crippen LogP contribution >= 0.6 is 0 Å². The molecule has 1 aliphatic heterocycles. The molecule has 38 heavy (non-hydrogen) atoms. The first-order chi connectivity index (χ1) is 18.0. The highest BCUT2D eigenvalue weighted by molar-refractivity contribution is 7.91. The smallest absolute Gasteiger partial charge is 0.417 e. The minimum absolute atomic E-state index is 0.0529. The summed E-state index contributed by atoms with van der Waals surface area (Å²) in [6.07, 6.45) is -1.81. The molecule has 1 aliphatic rings. The monoisotopic (exact) mass is 546 g/mol. The van der Waals surface area contributed by atoms with Crippen molar-refractivity contribution in [3.8, 4) is 17.0 Å². The summed E-state index contributed by atoms with van der Waals surface area (Å²) in [5.41, 5.74) is -0.977. The van der Waals surface area contributed by atoms with Crippen molar-refractivity contribution in [2.45, 2.75) is 35.5 Å². The summed E-state index contributed by atoms with van der Waals surface area (Å²) in [6.45, 7) is 0.597. The number of furan rings is 1. The molecule has 9 nitrogen and oxygen atoms in total. The van der Waals surface area contributed by atoms with E-state index in [2.05, 4.69) is 20.6 Å². The van der Waals surface area contributed by atoms with Crippen LogP contribution in [0.4, 0.5) is 13.2 Å². The lowest BCUT2D eigenvalue weighted by atomic mass is 10.1. The van der Waals surface area contributed by atoms with Gasteiger partial charge in [-0.25, -0.2) is 8.42 Å². The van der Waals surface area contributed by atoms with Crippen LogP contribution in [-0.4, -0.2) is 42.0 Å². The van der Waals surface area contributed by atoms with Crippen LogP contribution in [0.3, 0.4) is 0 Å². The van der Waals surface area contributed by atoms with Crippen molar-refractivity contribution in [1.82, 2.24) is 20.6 Å². The molecule has 5 rings (SSSR count). The predicted octanol–water partition coefficient (Wildman–Crippen LogP) is 3.95. The number of sulfone groups is 1. The van der Waals surface area contributed by atoms with Crippen molar-refractivity contribution in [3.05, 3.63) is 72.2 Å². The van der Waals surface area contributed by atoms with Crippen LogP contribution in [-0.2, 0) is 20.8 Å². The van der Waals surface area contributed by atoms with Gasteiger partial charge in [0, 0.05) is 23.2 Å². The zero-order valence-corrected chi connectivity index (χ0v) is 20.4. The molecule has 1 unspecified atom stereocenters. The van der Waals surface area contributed by atoms with Crippen molar-refractivity contribution in [2.75, 3.05) is 6.54 Å². The van der Waals surface area contributed by atoms with E-state index in [1.165, 1.54) is 6.07 Å². The van der Waals surface area contributed by atoms with Crippen molar-refractivity contribution in [3.63, 3.8) is 0 Å². The number of fused-ring (bicyclic) bond motifs is 1. The van der Waals surface area contributed by atoms with Gasteiger partial charge in [0.05, 0.1) is 29.2 Å². The third-order valence-electron chi connectivity index (χ3n) is 6.18. The molecule has 1 saturated heterocycles. The Hall–Kier alpha value is -3.97. The highest BCUT2D eigenvalue weighted by atomic mass is 32.2. The van der Waals surface area contributed by atoms with Crippen molar-refractivity contribution >= 4 is 26.7 Å². The van der Waals surface area contributed by atoms with Gasteiger partial charge >= 0.3 is 6.18 Å². The number of rotatable bonds is 6. The fourth-order valence-corrected chi connectivity index (χ4v) is 5.64. The van der Waals surface area contributed by atoms with Gasteiger partial charge in [-0.15, -0.1) is 0 Å². The fraction of sp³-hybridized carbons (Fsp3) is 0.240. The van der Waals surface area contributed by atoms with E-state index in [1.807, 2.05) is 0 Å². The van der Waals surface area contributed by atoms with E-state index in [1.54, 1.807) is 24.3 Å². The number of halogens is 3. The zero-order chi connectivity index (χ0) is 27.1. The maximum absolute atomic E-state index is 13.8. The van der Waals surface area contributed by atoms with Gasteiger partial charge in [0.1, 0.15) is 11.3 Å². The molecule has 1 fully saturated rings. The maximum Gasteiger partial charge on any atom is 0.417 e. The summed E-state index contributed by atoms with van der Waals surface area (Å²) >= 11 is 0. The number of alkyl halides is 3. The Labute approximate surface area is 214 Å². The zero-order valence-electron chi connectivity index (χ0n) is 19.6. The highest BCUT2D eigenvalue weighted by Gasteiger charge is 2.37. The number of aromatic hydroxyl groups is 1. The van der Waals surface area contributed by atoms with E-state index in [9.17, 15) is 31.5 Å². The number of para-hydroxylation sites is 1. The molecular weight excluding hydrogens is 525 g/mol. The molecular formula is C25H21F3N4O5S. The summed E-state index contributed by atoms with van der Waals surface area (Å²) in [4.78, 5) is 20.8. The number of nitrogens with zero attached hydrogens (tertiary/aromatic N) is 2. The summed E-state index contributed by atoms with van der Waals surface area (Å²) < 4.78 is 72.0. The molecule has 1 amide bonds. The number of hydrogen-bond donors (Lipinski definition) is 3. The van der Waals surface area contributed by atoms with Gasteiger partial charge in [0.25, 0.3) is 0 Å². The van der Waals surface area contributed by atoms with Gasteiger partial charge < -0.3 is 20.2 Å². The van der Waals surface area contributed by atoms with Crippen molar-refractivity contribution in [2.24, 2.45) is 0 Å². The molecule has 0 radical (unpaired) electrons. The van der Waals surface area contributed by atoms with E-state index in [0.29, 0.717) is 30.1 Å². The second-order valence-corrected chi connectivity index (χ2v) is 10.7. The second-order valence-electron chi connectivity index (χ2n) is 8.74. The number of carbonyl (C=O) groups excluding carboxylic acids is 1. The van der Waals surface area contributed by atoms with Crippen molar-refractivity contribution < 1.29 is 35.9 Å². The van der Waals surface area contributed by atoms with Crippen LogP contribution in [0.5, 0.6) is 5.75 Å². The lowest BCUT2D eigenvalue weighted by Gasteiger charge is -2.21. The Bertz CT molecular complexity index is 1560. The van der Waals surface area contributed by atoms with Crippen LogP contribution in [0.2, 0.25) is 0 Å². The van der Waals surface area contributed by atoms with Crippen LogP contribution in [0.1, 0.15) is 29.5 Å². The highest BCUT2D eigenvalue weighted by Crippen LogP contribution is 2.36. The minimum Gasteiger partial charge on any atom is -0.506 e. The number of benzene rings is 1. The first-order valence-electron chi connectivity index (χ1n) is 11.5. The van der Waals surface area contributed by atoms with E-state index >= 15 is 0 Å². The number of hydrogen-bond acceptors (Lipinski definition) is 8. The van der Waals surface area contributed by atoms with Crippen LogP contribution in [0, 0.1) is 0 Å². The molecule has 3 aromatic heterocycles. The summed E-state index contributed by atoms with van der Waals surface area (Å²) in [6, 6.07) is 10.4. The summed E-state index contributed by atoms with van der Waals surface area (Å²) in [5, 5.41) is 14.3. The molecule has 1 aromatic carbocycles. The van der Waals surface area contributed by atoms with E-state index < -0.39 is 49.7 Å². The Kier molecular flexibility index (Phi) is 6.57. The van der Waals surface area contributed by atoms with Gasteiger partial charge in [-0.2, -0.15) is 13.2 Å². The topological polar surface area (TPSA) is 134 Å². The first-order valence-corrected chi connectivity index (χ1v) is 13.1. The molecule has 4 heterocycles. The van der Waals surface area contributed by atoms with Gasteiger partial charge in [0.15, 0.2) is 5.37 Å². The lowest BCUT2D eigenvalue weighted by molar-refractivity contribution is -0.137.